The van der Waals surface area contributed by atoms with Crippen LogP contribution in [0.5, 0.6) is 0 Å². The summed E-state index contributed by atoms with van der Waals surface area (Å²) in [5.41, 5.74) is 0. The van der Waals surface area contributed by atoms with E-state index in [9.17, 15) is 9.90 Å². The van der Waals surface area contributed by atoms with E-state index in [4.69, 9.17) is 0 Å². The molecule has 0 aromatic rings. The second-order valence-electron chi connectivity index (χ2n) is 5.07. The number of aliphatic hydroxyl groups excluding tert-OH is 1. The number of aliphatic hydroxyl groups is 1. The molecule has 2 aliphatic rings. The average Bonchev–Trinajstić information content (AvgIpc) is 2.75. The normalized spacial score (nSPS) is 27.1. The average molecular weight is 226 g/mol. The van der Waals surface area contributed by atoms with E-state index >= 15 is 0 Å². The van der Waals surface area contributed by atoms with Gasteiger partial charge in [0.1, 0.15) is 0 Å². The quantitative estimate of drug-likeness (QED) is 0.735. The van der Waals surface area contributed by atoms with Gasteiger partial charge in [-0.15, -0.1) is 0 Å². The van der Waals surface area contributed by atoms with E-state index in [-0.39, 0.29) is 12.1 Å². The number of urea groups is 1. The molecule has 0 radical (unpaired) electrons. The summed E-state index contributed by atoms with van der Waals surface area (Å²) in [5, 5.41) is 9.43. The second kappa shape index (κ2) is 5.04. The summed E-state index contributed by atoms with van der Waals surface area (Å²) < 4.78 is 0. The Kier molecular flexibility index (Phi) is 3.69. The van der Waals surface area contributed by atoms with Gasteiger partial charge in [0.25, 0.3) is 0 Å². The van der Waals surface area contributed by atoms with Crippen molar-refractivity contribution < 1.29 is 9.90 Å². The van der Waals surface area contributed by atoms with Crippen LogP contribution in [0, 0.1) is 0 Å². The van der Waals surface area contributed by atoms with E-state index in [0.29, 0.717) is 19.1 Å². The summed E-state index contributed by atoms with van der Waals surface area (Å²) >= 11 is 0. The molecule has 1 heterocycles. The van der Waals surface area contributed by atoms with Gasteiger partial charge in [0.05, 0.1) is 6.10 Å². The number of hydrogen-bond acceptors (Lipinski definition) is 2. The number of carbonyl (C=O) groups is 1. The molecule has 2 fully saturated rings. The van der Waals surface area contributed by atoms with Gasteiger partial charge in [0.2, 0.25) is 0 Å². The topological polar surface area (TPSA) is 43.8 Å². The molecule has 0 unspecified atom stereocenters. The van der Waals surface area contributed by atoms with E-state index < -0.39 is 0 Å². The van der Waals surface area contributed by atoms with Crippen LogP contribution in [0.2, 0.25) is 0 Å². The molecule has 4 heteroatoms. The summed E-state index contributed by atoms with van der Waals surface area (Å²) in [6, 6.07) is 0.516. The Bertz CT molecular complexity index is 251. The first-order valence-corrected chi connectivity index (χ1v) is 6.38. The van der Waals surface area contributed by atoms with Gasteiger partial charge in [-0.2, -0.15) is 0 Å². The van der Waals surface area contributed by atoms with Crippen molar-refractivity contribution in [3.63, 3.8) is 0 Å². The SMILES string of the molecule is CN(C(=O)N1CC[C@@H](O)C1)C1CCCCC1. The number of likely N-dealkylation sites (tertiary alicyclic amines) is 1. The molecule has 16 heavy (non-hydrogen) atoms. The third-order valence-electron chi connectivity index (χ3n) is 3.86. The lowest BCUT2D eigenvalue weighted by molar-refractivity contribution is 0.132. The number of β-amino-alcohol motifs (C(OH)–C–C–N with tert-alkyl or cyclic N) is 1. The van der Waals surface area contributed by atoms with Gasteiger partial charge in [-0.1, -0.05) is 19.3 Å². The fourth-order valence-electron chi connectivity index (χ4n) is 2.76. The minimum atomic E-state index is -0.316. The molecule has 2 rings (SSSR count). The van der Waals surface area contributed by atoms with Crippen LogP contribution in [-0.2, 0) is 0 Å². The number of nitrogens with zero attached hydrogens (tertiary/aromatic N) is 2. The van der Waals surface area contributed by atoms with E-state index in [1.807, 2.05) is 11.9 Å². The molecule has 0 bridgehead atoms. The maximum absolute atomic E-state index is 12.1. The van der Waals surface area contributed by atoms with Gasteiger partial charge in [-0.25, -0.2) is 4.79 Å². The Balaban J connectivity index is 1.88. The molecule has 92 valence electrons. The van der Waals surface area contributed by atoms with Crippen molar-refractivity contribution in [2.75, 3.05) is 20.1 Å². The van der Waals surface area contributed by atoms with E-state index in [1.165, 1.54) is 19.3 Å². The molecule has 0 aromatic heterocycles. The van der Waals surface area contributed by atoms with Crippen LogP contribution in [0.4, 0.5) is 4.79 Å². The maximum Gasteiger partial charge on any atom is 0.320 e. The molecular formula is C12H22N2O2. The Morgan fingerprint density at radius 2 is 1.94 bits per heavy atom. The van der Waals surface area contributed by atoms with Crippen molar-refractivity contribution in [1.82, 2.24) is 9.80 Å². The summed E-state index contributed by atoms with van der Waals surface area (Å²) in [4.78, 5) is 15.8. The highest BCUT2D eigenvalue weighted by molar-refractivity contribution is 5.74. The Hall–Kier alpha value is -0.770. The Morgan fingerprint density at radius 1 is 1.25 bits per heavy atom. The first-order chi connectivity index (χ1) is 7.68. The molecule has 1 saturated heterocycles. The smallest absolute Gasteiger partial charge is 0.320 e. The molecule has 1 aliphatic carbocycles. The lowest BCUT2D eigenvalue weighted by Gasteiger charge is -2.34. The third-order valence-corrected chi connectivity index (χ3v) is 3.86. The monoisotopic (exact) mass is 226 g/mol. The van der Waals surface area contributed by atoms with Gasteiger partial charge in [-0.05, 0) is 19.3 Å². The van der Waals surface area contributed by atoms with Crippen molar-refractivity contribution in [1.29, 1.82) is 0 Å². The van der Waals surface area contributed by atoms with Crippen LogP contribution in [0.25, 0.3) is 0 Å². The van der Waals surface area contributed by atoms with E-state index in [0.717, 1.165) is 19.3 Å². The van der Waals surface area contributed by atoms with Gasteiger partial charge in [-0.3, -0.25) is 0 Å². The highest BCUT2D eigenvalue weighted by Crippen LogP contribution is 2.23. The number of carbonyl (C=O) groups excluding carboxylic acids is 1. The van der Waals surface area contributed by atoms with Gasteiger partial charge >= 0.3 is 6.03 Å². The van der Waals surface area contributed by atoms with Crippen molar-refractivity contribution in [3.8, 4) is 0 Å². The molecule has 0 aromatic carbocycles. The zero-order valence-electron chi connectivity index (χ0n) is 10.1. The minimum absolute atomic E-state index is 0.100. The molecule has 4 nitrogen and oxygen atoms in total. The predicted molar refractivity (Wildman–Crippen MR) is 62.2 cm³/mol. The van der Waals surface area contributed by atoms with Crippen LogP contribution in [0.1, 0.15) is 38.5 Å². The summed E-state index contributed by atoms with van der Waals surface area (Å²) in [6.07, 6.45) is 6.47. The lowest BCUT2D eigenvalue weighted by atomic mass is 9.95. The summed E-state index contributed by atoms with van der Waals surface area (Å²) in [7, 11) is 1.91. The zero-order chi connectivity index (χ0) is 11.5. The standard InChI is InChI=1S/C12H22N2O2/c1-13(10-5-3-2-4-6-10)12(16)14-8-7-11(15)9-14/h10-11,15H,2-9H2,1H3/t11-/m1/s1. The first kappa shape index (κ1) is 11.7. The summed E-state index contributed by atoms with van der Waals surface area (Å²) in [5.74, 6) is 0. The number of amides is 2. The fraction of sp³-hybridized carbons (Fsp3) is 0.917. The molecule has 1 N–H and O–H groups in total. The van der Waals surface area contributed by atoms with Crippen LogP contribution in [-0.4, -0.2) is 53.2 Å². The van der Waals surface area contributed by atoms with Crippen LogP contribution >= 0.6 is 0 Å². The van der Waals surface area contributed by atoms with Gasteiger partial charge in [0.15, 0.2) is 0 Å². The third kappa shape index (κ3) is 2.48. The largest absolute Gasteiger partial charge is 0.391 e. The van der Waals surface area contributed by atoms with Crippen molar-refractivity contribution in [2.45, 2.75) is 50.7 Å². The van der Waals surface area contributed by atoms with Crippen LogP contribution in [0.15, 0.2) is 0 Å². The number of hydrogen-bond donors (Lipinski definition) is 1. The molecule has 1 atom stereocenters. The first-order valence-electron chi connectivity index (χ1n) is 6.38. The van der Waals surface area contributed by atoms with Gasteiger partial charge in [0, 0.05) is 26.2 Å². The van der Waals surface area contributed by atoms with Crippen molar-refractivity contribution in [3.05, 3.63) is 0 Å². The van der Waals surface area contributed by atoms with Gasteiger partial charge < -0.3 is 14.9 Å². The summed E-state index contributed by atoms with van der Waals surface area (Å²) in [6.45, 7) is 1.22. The van der Waals surface area contributed by atoms with Crippen molar-refractivity contribution in [2.24, 2.45) is 0 Å². The van der Waals surface area contributed by atoms with Crippen molar-refractivity contribution >= 4 is 6.03 Å². The molecule has 2 amide bonds. The Morgan fingerprint density at radius 3 is 2.50 bits per heavy atom. The predicted octanol–water partition coefficient (Wildman–Crippen LogP) is 1.44. The zero-order valence-corrected chi connectivity index (χ0v) is 10.1. The minimum Gasteiger partial charge on any atom is -0.391 e. The molecule has 1 saturated carbocycles. The van der Waals surface area contributed by atoms with Crippen LogP contribution in [0.3, 0.4) is 0 Å². The number of rotatable bonds is 1. The second-order valence-corrected chi connectivity index (χ2v) is 5.07. The maximum atomic E-state index is 12.1. The van der Waals surface area contributed by atoms with E-state index in [2.05, 4.69) is 0 Å². The highest BCUT2D eigenvalue weighted by atomic mass is 16.3. The fourth-order valence-corrected chi connectivity index (χ4v) is 2.76. The molecule has 0 spiro atoms. The lowest BCUT2D eigenvalue weighted by Crippen LogP contribution is -2.46. The van der Waals surface area contributed by atoms with E-state index in [1.54, 1.807) is 4.90 Å². The molecular weight excluding hydrogens is 204 g/mol. The van der Waals surface area contributed by atoms with Crippen LogP contribution < -0.4 is 0 Å². The molecule has 1 aliphatic heterocycles. The Labute approximate surface area is 97.2 Å². The highest BCUT2D eigenvalue weighted by Gasteiger charge is 2.30.